The summed E-state index contributed by atoms with van der Waals surface area (Å²) in [5.74, 6) is -0.569. The molecule has 0 aliphatic rings. The normalized spacial score (nSPS) is 11.3. The fourth-order valence-corrected chi connectivity index (χ4v) is 1.54. The molecule has 15 heavy (non-hydrogen) atoms. The molecule has 6 heteroatoms. The van der Waals surface area contributed by atoms with Crippen molar-refractivity contribution in [3.63, 3.8) is 0 Å². The average molecular weight is 228 g/mol. The molecule has 1 rings (SSSR count). The van der Waals surface area contributed by atoms with Crippen molar-refractivity contribution in [3.8, 4) is 0 Å². The van der Waals surface area contributed by atoms with E-state index in [4.69, 9.17) is 5.73 Å². The molecule has 1 aromatic carbocycles. The lowest BCUT2D eigenvalue weighted by atomic mass is 10.1. The third-order valence-electron chi connectivity index (χ3n) is 1.81. The van der Waals surface area contributed by atoms with Crippen LogP contribution in [0.5, 0.6) is 0 Å². The van der Waals surface area contributed by atoms with E-state index in [0.717, 1.165) is 6.26 Å². The highest BCUT2D eigenvalue weighted by atomic mass is 32.2. The summed E-state index contributed by atoms with van der Waals surface area (Å²) in [7, 11) is -3.27. The lowest BCUT2D eigenvalue weighted by molar-refractivity contribution is 0.0999. The first-order chi connectivity index (χ1) is 6.90. The largest absolute Gasteiger partial charge is 0.366 e. The number of sulfonamides is 1. The van der Waals surface area contributed by atoms with Crippen molar-refractivity contribution in [2.75, 3.05) is 6.26 Å². The van der Waals surface area contributed by atoms with Crippen LogP contribution in [0, 0.1) is 0 Å². The summed E-state index contributed by atoms with van der Waals surface area (Å²) in [6, 6.07) is 6.59. The van der Waals surface area contributed by atoms with Crippen LogP contribution in [0.2, 0.25) is 0 Å². The number of amides is 1. The Bertz CT molecular complexity index is 468. The van der Waals surface area contributed by atoms with E-state index in [1.165, 1.54) is 0 Å². The molecule has 0 radical (unpaired) electrons. The molecule has 0 spiro atoms. The van der Waals surface area contributed by atoms with Crippen LogP contribution < -0.4 is 10.5 Å². The van der Waals surface area contributed by atoms with E-state index < -0.39 is 15.9 Å². The van der Waals surface area contributed by atoms with Gasteiger partial charge in [0.1, 0.15) is 0 Å². The molecule has 3 N–H and O–H groups in total. The summed E-state index contributed by atoms with van der Waals surface area (Å²) in [4.78, 5) is 11.0. The molecule has 0 aliphatic carbocycles. The van der Waals surface area contributed by atoms with E-state index in [9.17, 15) is 13.2 Å². The lowest BCUT2D eigenvalue weighted by Crippen LogP contribution is -2.23. The molecular formula is C9H12N2O3S. The van der Waals surface area contributed by atoms with Crippen molar-refractivity contribution in [1.29, 1.82) is 0 Å². The van der Waals surface area contributed by atoms with Gasteiger partial charge in [-0.1, -0.05) is 18.2 Å². The minimum atomic E-state index is -3.27. The van der Waals surface area contributed by atoms with Crippen molar-refractivity contribution in [2.45, 2.75) is 6.54 Å². The number of carbonyl (C=O) groups excluding carboxylic acids is 1. The Balaban J connectivity index is 2.90. The summed E-state index contributed by atoms with van der Waals surface area (Å²) in [5, 5.41) is 0. The van der Waals surface area contributed by atoms with E-state index in [0.29, 0.717) is 11.1 Å². The number of carbonyl (C=O) groups is 1. The smallest absolute Gasteiger partial charge is 0.249 e. The Morgan fingerprint density at radius 3 is 2.53 bits per heavy atom. The molecule has 0 fully saturated rings. The molecule has 1 amide bonds. The number of hydrogen-bond acceptors (Lipinski definition) is 3. The fourth-order valence-electron chi connectivity index (χ4n) is 1.12. The molecule has 82 valence electrons. The zero-order valence-corrected chi connectivity index (χ0v) is 9.04. The van der Waals surface area contributed by atoms with Gasteiger partial charge in [-0.05, 0) is 11.6 Å². The van der Waals surface area contributed by atoms with Gasteiger partial charge in [0.2, 0.25) is 15.9 Å². The fraction of sp³-hybridized carbons (Fsp3) is 0.222. The molecular weight excluding hydrogens is 216 g/mol. The first-order valence-corrected chi connectivity index (χ1v) is 6.11. The molecule has 0 bridgehead atoms. The van der Waals surface area contributed by atoms with E-state index in [1.807, 2.05) is 0 Å². The minimum Gasteiger partial charge on any atom is -0.366 e. The van der Waals surface area contributed by atoms with E-state index >= 15 is 0 Å². The van der Waals surface area contributed by atoms with Crippen molar-refractivity contribution in [2.24, 2.45) is 5.73 Å². The molecule has 0 saturated carbocycles. The molecule has 0 saturated heterocycles. The summed E-state index contributed by atoms with van der Waals surface area (Å²) in [5.41, 5.74) is 6.03. The number of nitrogens with two attached hydrogens (primary N) is 1. The molecule has 0 aromatic heterocycles. The van der Waals surface area contributed by atoms with Crippen LogP contribution in [0.1, 0.15) is 15.9 Å². The quantitative estimate of drug-likeness (QED) is 0.750. The van der Waals surface area contributed by atoms with Crippen molar-refractivity contribution < 1.29 is 13.2 Å². The maximum atomic E-state index is 11.0. The lowest BCUT2D eigenvalue weighted by Gasteiger charge is -2.06. The predicted molar refractivity (Wildman–Crippen MR) is 56.6 cm³/mol. The maximum absolute atomic E-state index is 11.0. The SMILES string of the molecule is CS(=O)(=O)NCc1ccccc1C(N)=O. The van der Waals surface area contributed by atoms with Crippen LogP contribution in [-0.2, 0) is 16.6 Å². The van der Waals surface area contributed by atoms with E-state index in [1.54, 1.807) is 24.3 Å². The zero-order chi connectivity index (χ0) is 11.5. The Morgan fingerprint density at radius 2 is 2.00 bits per heavy atom. The van der Waals surface area contributed by atoms with Gasteiger partial charge in [0.15, 0.2) is 0 Å². The van der Waals surface area contributed by atoms with Gasteiger partial charge in [-0.3, -0.25) is 4.79 Å². The number of nitrogens with one attached hydrogen (secondary N) is 1. The summed E-state index contributed by atoms with van der Waals surface area (Å²) >= 11 is 0. The van der Waals surface area contributed by atoms with Crippen LogP contribution in [0.3, 0.4) is 0 Å². The number of primary amides is 1. The molecule has 0 unspecified atom stereocenters. The second-order valence-electron chi connectivity index (χ2n) is 3.11. The van der Waals surface area contributed by atoms with Crippen molar-refractivity contribution in [3.05, 3.63) is 35.4 Å². The maximum Gasteiger partial charge on any atom is 0.249 e. The Kier molecular flexibility index (Phi) is 3.43. The monoisotopic (exact) mass is 228 g/mol. The van der Waals surface area contributed by atoms with Crippen LogP contribution in [0.15, 0.2) is 24.3 Å². The summed E-state index contributed by atoms with van der Waals surface area (Å²) in [6.07, 6.45) is 1.06. The number of benzene rings is 1. The third kappa shape index (κ3) is 3.69. The van der Waals surface area contributed by atoms with Crippen LogP contribution in [0.4, 0.5) is 0 Å². The Morgan fingerprint density at radius 1 is 1.40 bits per heavy atom. The first-order valence-electron chi connectivity index (χ1n) is 4.22. The van der Waals surface area contributed by atoms with Gasteiger partial charge in [0.25, 0.3) is 0 Å². The Labute approximate surface area is 88.3 Å². The van der Waals surface area contributed by atoms with Crippen LogP contribution in [0.25, 0.3) is 0 Å². The van der Waals surface area contributed by atoms with Crippen LogP contribution >= 0.6 is 0 Å². The Hall–Kier alpha value is -1.40. The highest BCUT2D eigenvalue weighted by molar-refractivity contribution is 7.88. The molecule has 0 aliphatic heterocycles. The van der Waals surface area contributed by atoms with Gasteiger partial charge in [0.05, 0.1) is 6.26 Å². The van der Waals surface area contributed by atoms with Gasteiger partial charge in [-0.2, -0.15) is 0 Å². The molecule has 5 nitrogen and oxygen atoms in total. The second kappa shape index (κ2) is 4.41. The third-order valence-corrected chi connectivity index (χ3v) is 2.48. The second-order valence-corrected chi connectivity index (χ2v) is 4.95. The van der Waals surface area contributed by atoms with E-state index in [2.05, 4.69) is 4.72 Å². The first kappa shape index (κ1) is 11.7. The molecule has 1 aromatic rings. The average Bonchev–Trinajstić information content (AvgIpc) is 2.14. The molecule has 0 atom stereocenters. The standard InChI is InChI=1S/C9H12N2O3S/c1-15(13,14)11-6-7-4-2-3-5-8(7)9(10)12/h2-5,11H,6H2,1H3,(H2,10,12). The molecule has 0 heterocycles. The topological polar surface area (TPSA) is 89.3 Å². The highest BCUT2D eigenvalue weighted by Gasteiger charge is 2.08. The van der Waals surface area contributed by atoms with E-state index in [-0.39, 0.29) is 6.54 Å². The highest BCUT2D eigenvalue weighted by Crippen LogP contribution is 2.07. The zero-order valence-electron chi connectivity index (χ0n) is 8.23. The summed E-state index contributed by atoms with van der Waals surface area (Å²) < 4.78 is 24.0. The van der Waals surface area contributed by atoms with Gasteiger partial charge in [0, 0.05) is 12.1 Å². The van der Waals surface area contributed by atoms with Gasteiger partial charge < -0.3 is 5.73 Å². The van der Waals surface area contributed by atoms with Crippen LogP contribution in [-0.4, -0.2) is 20.6 Å². The van der Waals surface area contributed by atoms with Gasteiger partial charge >= 0.3 is 0 Å². The van der Waals surface area contributed by atoms with Crippen molar-refractivity contribution >= 4 is 15.9 Å². The van der Waals surface area contributed by atoms with Gasteiger partial charge in [-0.15, -0.1) is 0 Å². The predicted octanol–water partition coefficient (Wildman–Crippen LogP) is -0.165. The summed E-state index contributed by atoms with van der Waals surface area (Å²) in [6.45, 7) is 0.0674. The van der Waals surface area contributed by atoms with Crippen molar-refractivity contribution in [1.82, 2.24) is 4.72 Å². The van der Waals surface area contributed by atoms with Gasteiger partial charge in [-0.25, -0.2) is 13.1 Å². The number of rotatable bonds is 4. The minimum absolute atomic E-state index is 0.0674. The number of hydrogen-bond donors (Lipinski definition) is 2.